The molecule has 0 saturated heterocycles. The minimum atomic E-state index is -0.628. The Morgan fingerprint density at radius 2 is 1.62 bits per heavy atom. The first kappa shape index (κ1) is 15.6. The lowest BCUT2D eigenvalue weighted by molar-refractivity contribution is 0.0467. The van der Waals surface area contributed by atoms with Gasteiger partial charge in [0.25, 0.3) is 0 Å². The van der Waals surface area contributed by atoms with Gasteiger partial charge >= 0.3 is 0 Å². The van der Waals surface area contributed by atoms with Crippen molar-refractivity contribution in [3.8, 4) is 5.75 Å². The van der Waals surface area contributed by atoms with Crippen LogP contribution < -0.4 is 4.74 Å². The molecule has 112 valence electrons. The standard InChI is InChI=1S/C19H24O2/c1-13(2)18-11-10-17(12-14(18)3)21-15(4)19(20)16-8-6-5-7-9-16/h5-13,15,19-20H,1-4H3. The summed E-state index contributed by atoms with van der Waals surface area (Å²) in [6.45, 7) is 8.36. The lowest BCUT2D eigenvalue weighted by atomic mass is 9.98. The van der Waals surface area contributed by atoms with E-state index in [4.69, 9.17) is 4.74 Å². The van der Waals surface area contributed by atoms with Crippen LogP contribution >= 0.6 is 0 Å². The molecule has 2 aromatic carbocycles. The number of aryl methyl sites for hydroxylation is 1. The molecule has 2 aromatic rings. The molecule has 0 aromatic heterocycles. The van der Waals surface area contributed by atoms with Crippen molar-refractivity contribution in [3.63, 3.8) is 0 Å². The Morgan fingerprint density at radius 3 is 2.19 bits per heavy atom. The molecule has 2 rings (SSSR count). The first-order chi connectivity index (χ1) is 9.99. The fourth-order valence-corrected chi connectivity index (χ4v) is 2.57. The molecule has 0 bridgehead atoms. The van der Waals surface area contributed by atoms with Gasteiger partial charge in [-0.2, -0.15) is 0 Å². The number of ether oxygens (including phenoxy) is 1. The summed E-state index contributed by atoms with van der Waals surface area (Å²) in [6, 6.07) is 15.8. The molecule has 0 fully saturated rings. The Balaban J connectivity index is 2.09. The van der Waals surface area contributed by atoms with Gasteiger partial charge in [-0.3, -0.25) is 0 Å². The number of hydrogen-bond donors (Lipinski definition) is 1. The summed E-state index contributed by atoms with van der Waals surface area (Å²) in [5.74, 6) is 1.31. The normalized spacial score (nSPS) is 14.0. The van der Waals surface area contributed by atoms with E-state index in [0.717, 1.165) is 11.3 Å². The third kappa shape index (κ3) is 3.85. The van der Waals surface area contributed by atoms with E-state index in [0.29, 0.717) is 5.92 Å². The second-order valence-electron chi connectivity index (χ2n) is 5.85. The van der Waals surface area contributed by atoms with Crippen molar-refractivity contribution in [2.24, 2.45) is 0 Å². The highest BCUT2D eigenvalue weighted by atomic mass is 16.5. The minimum Gasteiger partial charge on any atom is -0.488 e. The fraction of sp³-hybridized carbons (Fsp3) is 0.368. The van der Waals surface area contributed by atoms with Crippen LogP contribution in [0, 0.1) is 6.92 Å². The molecule has 0 heterocycles. The number of benzene rings is 2. The summed E-state index contributed by atoms with van der Waals surface area (Å²) in [5.41, 5.74) is 3.43. The van der Waals surface area contributed by atoms with Crippen LogP contribution in [0.4, 0.5) is 0 Å². The molecule has 1 N–H and O–H groups in total. The maximum atomic E-state index is 10.3. The van der Waals surface area contributed by atoms with E-state index < -0.39 is 6.10 Å². The first-order valence-corrected chi connectivity index (χ1v) is 7.49. The van der Waals surface area contributed by atoms with Crippen LogP contribution in [0.5, 0.6) is 5.75 Å². The van der Waals surface area contributed by atoms with Crippen LogP contribution in [0.2, 0.25) is 0 Å². The molecule has 0 aliphatic carbocycles. The van der Waals surface area contributed by atoms with Crippen molar-refractivity contribution in [3.05, 3.63) is 65.2 Å². The number of hydrogen-bond acceptors (Lipinski definition) is 2. The average molecular weight is 284 g/mol. The molecule has 0 spiro atoms. The quantitative estimate of drug-likeness (QED) is 0.868. The van der Waals surface area contributed by atoms with E-state index in [9.17, 15) is 5.11 Å². The second-order valence-corrected chi connectivity index (χ2v) is 5.85. The highest BCUT2D eigenvalue weighted by molar-refractivity contribution is 5.36. The highest BCUT2D eigenvalue weighted by Crippen LogP contribution is 2.26. The Bertz CT molecular complexity index is 575. The second kappa shape index (κ2) is 6.77. The van der Waals surface area contributed by atoms with Gasteiger partial charge in [-0.05, 0) is 48.6 Å². The summed E-state index contributed by atoms with van der Waals surface area (Å²) in [4.78, 5) is 0. The van der Waals surface area contributed by atoms with Gasteiger partial charge in [0.05, 0.1) is 0 Å². The summed E-state index contributed by atoms with van der Waals surface area (Å²) < 4.78 is 5.90. The third-order valence-corrected chi connectivity index (χ3v) is 3.77. The topological polar surface area (TPSA) is 29.5 Å². The summed E-state index contributed by atoms with van der Waals surface area (Å²) in [6.07, 6.45) is -0.923. The van der Waals surface area contributed by atoms with Gasteiger partial charge in [0.15, 0.2) is 0 Å². The summed E-state index contributed by atoms with van der Waals surface area (Å²) >= 11 is 0. The summed E-state index contributed by atoms with van der Waals surface area (Å²) in [5, 5.41) is 10.3. The largest absolute Gasteiger partial charge is 0.488 e. The molecule has 0 radical (unpaired) electrons. The van der Waals surface area contributed by atoms with Crippen molar-refractivity contribution >= 4 is 0 Å². The van der Waals surface area contributed by atoms with E-state index >= 15 is 0 Å². The smallest absolute Gasteiger partial charge is 0.126 e. The number of rotatable bonds is 5. The van der Waals surface area contributed by atoms with Crippen LogP contribution in [0.15, 0.2) is 48.5 Å². The van der Waals surface area contributed by atoms with Crippen LogP contribution in [0.1, 0.15) is 49.5 Å². The van der Waals surface area contributed by atoms with Gasteiger partial charge < -0.3 is 9.84 Å². The van der Waals surface area contributed by atoms with E-state index in [-0.39, 0.29) is 6.10 Å². The SMILES string of the molecule is Cc1cc(OC(C)C(O)c2ccccc2)ccc1C(C)C. The molecule has 0 aliphatic rings. The van der Waals surface area contributed by atoms with Crippen molar-refractivity contribution < 1.29 is 9.84 Å². The van der Waals surface area contributed by atoms with Crippen LogP contribution in [0.25, 0.3) is 0 Å². The highest BCUT2D eigenvalue weighted by Gasteiger charge is 2.18. The van der Waals surface area contributed by atoms with Gasteiger partial charge in [-0.25, -0.2) is 0 Å². The van der Waals surface area contributed by atoms with Gasteiger partial charge in [0.2, 0.25) is 0 Å². The maximum Gasteiger partial charge on any atom is 0.126 e. The Kier molecular flexibility index (Phi) is 5.03. The van der Waals surface area contributed by atoms with E-state index in [2.05, 4.69) is 26.8 Å². The average Bonchev–Trinajstić information content (AvgIpc) is 2.47. The Hall–Kier alpha value is -1.80. The molecule has 2 atom stereocenters. The monoisotopic (exact) mass is 284 g/mol. The molecule has 2 unspecified atom stereocenters. The van der Waals surface area contributed by atoms with E-state index in [1.807, 2.05) is 49.4 Å². The van der Waals surface area contributed by atoms with Gasteiger partial charge in [-0.15, -0.1) is 0 Å². The third-order valence-electron chi connectivity index (χ3n) is 3.77. The molecule has 2 heteroatoms. The van der Waals surface area contributed by atoms with Crippen molar-refractivity contribution in [2.45, 2.75) is 45.8 Å². The summed E-state index contributed by atoms with van der Waals surface area (Å²) in [7, 11) is 0. The zero-order chi connectivity index (χ0) is 15.4. The van der Waals surface area contributed by atoms with Crippen LogP contribution in [-0.2, 0) is 0 Å². The van der Waals surface area contributed by atoms with Crippen LogP contribution in [0.3, 0.4) is 0 Å². The predicted molar refractivity (Wildman–Crippen MR) is 86.8 cm³/mol. The van der Waals surface area contributed by atoms with Crippen molar-refractivity contribution in [1.82, 2.24) is 0 Å². The zero-order valence-electron chi connectivity index (χ0n) is 13.2. The van der Waals surface area contributed by atoms with Crippen LogP contribution in [-0.4, -0.2) is 11.2 Å². The van der Waals surface area contributed by atoms with Gasteiger partial charge in [0, 0.05) is 0 Å². The predicted octanol–water partition coefficient (Wildman–Crippen LogP) is 4.62. The lowest BCUT2D eigenvalue weighted by Gasteiger charge is -2.22. The molecular weight excluding hydrogens is 260 g/mol. The molecular formula is C19H24O2. The minimum absolute atomic E-state index is 0.295. The Labute approximate surface area is 127 Å². The van der Waals surface area contributed by atoms with E-state index in [1.54, 1.807) is 0 Å². The maximum absolute atomic E-state index is 10.3. The fourth-order valence-electron chi connectivity index (χ4n) is 2.57. The Morgan fingerprint density at radius 1 is 0.952 bits per heavy atom. The molecule has 0 amide bonds. The van der Waals surface area contributed by atoms with Gasteiger partial charge in [-0.1, -0.05) is 50.2 Å². The molecule has 21 heavy (non-hydrogen) atoms. The zero-order valence-corrected chi connectivity index (χ0v) is 13.2. The molecule has 0 saturated carbocycles. The first-order valence-electron chi connectivity index (χ1n) is 7.49. The lowest BCUT2D eigenvalue weighted by Crippen LogP contribution is -2.21. The molecule has 2 nitrogen and oxygen atoms in total. The van der Waals surface area contributed by atoms with E-state index in [1.165, 1.54) is 11.1 Å². The molecule has 0 aliphatic heterocycles. The number of aliphatic hydroxyl groups is 1. The number of aliphatic hydroxyl groups excluding tert-OH is 1. The van der Waals surface area contributed by atoms with Crippen molar-refractivity contribution in [1.29, 1.82) is 0 Å². The van der Waals surface area contributed by atoms with Crippen molar-refractivity contribution in [2.75, 3.05) is 0 Å². The van der Waals surface area contributed by atoms with Gasteiger partial charge in [0.1, 0.15) is 18.0 Å².